The van der Waals surface area contributed by atoms with Gasteiger partial charge in [0.2, 0.25) is 6.90 Å². The average Bonchev–Trinajstić information content (AvgIpc) is 2.53. The van der Waals surface area contributed by atoms with Crippen LogP contribution in [-0.2, 0) is 13.1 Å². The monoisotopic (exact) mass is 424 g/mol. The maximum absolute atomic E-state index is 7.68. The van der Waals surface area contributed by atoms with Crippen molar-refractivity contribution in [2.45, 2.75) is 26.2 Å². The van der Waals surface area contributed by atoms with Gasteiger partial charge in [0.05, 0.1) is 0 Å². The van der Waals surface area contributed by atoms with Gasteiger partial charge in [-0.2, -0.15) is 22.2 Å². The van der Waals surface area contributed by atoms with Crippen LogP contribution >= 0.6 is 22.2 Å². The number of nitrogens with zero attached hydrogens (tertiary/aromatic N) is 2. The van der Waals surface area contributed by atoms with Gasteiger partial charge in [-0.1, -0.05) is 61.6 Å². The van der Waals surface area contributed by atoms with Crippen LogP contribution in [-0.4, -0.2) is 51.8 Å². The Balaban J connectivity index is 2.74. The van der Waals surface area contributed by atoms with Gasteiger partial charge < -0.3 is 9.80 Å². The predicted octanol–water partition coefficient (Wildman–Crippen LogP) is 3.63. The zero-order valence-electron chi connectivity index (χ0n) is 16.7. The molecule has 0 N–H and O–H groups in total. The van der Waals surface area contributed by atoms with Crippen LogP contribution in [0.5, 0.6) is 0 Å². The van der Waals surface area contributed by atoms with E-state index in [4.69, 9.17) is 22.2 Å². The normalized spacial score (nSPS) is 12.8. The van der Waals surface area contributed by atoms with Gasteiger partial charge in [0.1, 0.15) is 0 Å². The molecule has 0 radical (unpaired) electrons. The highest BCUT2D eigenvalue weighted by atomic mass is 35.6. The molecule has 142 valence electrons. The molecule has 26 heavy (non-hydrogen) atoms. The molecular formula is C20H30Cl2N2Si2. The van der Waals surface area contributed by atoms with Crippen molar-refractivity contribution in [1.82, 2.24) is 9.80 Å². The van der Waals surface area contributed by atoms with E-state index in [2.05, 4.69) is 99.6 Å². The largest absolute Gasteiger partial charge is 0.305 e. The molecule has 0 aromatic heterocycles. The molecule has 0 aliphatic carbocycles. The lowest BCUT2D eigenvalue weighted by atomic mass is 10.2. The molecule has 2 rings (SSSR count). The lowest BCUT2D eigenvalue weighted by Crippen LogP contribution is -2.70. The topological polar surface area (TPSA) is 6.48 Å². The first-order chi connectivity index (χ1) is 12.1. The summed E-state index contributed by atoms with van der Waals surface area (Å²) in [6.07, 6.45) is 0. The molecule has 0 aliphatic heterocycles. The van der Waals surface area contributed by atoms with E-state index in [1.807, 2.05) is 0 Å². The smallest absolute Gasteiger partial charge is 0.224 e. The third-order valence-corrected chi connectivity index (χ3v) is 24.1. The van der Waals surface area contributed by atoms with Crippen LogP contribution in [0.3, 0.4) is 0 Å². The second kappa shape index (κ2) is 8.59. The van der Waals surface area contributed by atoms with Crippen molar-refractivity contribution in [3.8, 4) is 0 Å². The summed E-state index contributed by atoms with van der Waals surface area (Å²) in [6, 6.07) is 17.2. The minimum absolute atomic E-state index is 0.870. The zero-order valence-corrected chi connectivity index (χ0v) is 20.2. The summed E-state index contributed by atoms with van der Waals surface area (Å²) < 4.78 is 0. The Morgan fingerprint density at radius 1 is 0.692 bits per heavy atom. The summed E-state index contributed by atoms with van der Waals surface area (Å²) in [6.45, 7) is 1.32. The average molecular weight is 426 g/mol. The molecule has 6 heteroatoms. The van der Waals surface area contributed by atoms with Gasteiger partial charge in [0, 0.05) is 13.1 Å². The fourth-order valence-electron chi connectivity index (χ4n) is 3.46. The van der Waals surface area contributed by atoms with E-state index in [1.165, 1.54) is 21.5 Å². The van der Waals surface area contributed by atoms with E-state index in [-0.39, 0.29) is 0 Å². The lowest BCUT2D eigenvalue weighted by Gasteiger charge is -2.38. The van der Waals surface area contributed by atoms with Gasteiger partial charge in [-0.3, -0.25) is 0 Å². The Bertz CT molecular complexity index is 689. The van der Waals surface area contributed by atoms with Crippen molar-refractivity contribution in [2.75, 3.05) is 28.2 Å². The van der Waals surface area contributed by atoms with Crippen molar-refractivity contribution >= 4 is 46.3 Å². The summed E-state index contributed by atoms with van der Waals surface area (Å²) in [4.78, 5) is 4.39. The summed E-state index contributed by atoms with van der Waals surface area (Å²) in [7, 11) is 8.38. The molecule has 0 bridgehead atoms. The molecule has 0 fully saturated rings. The molecule has 0 atom stereocenters. The Hall–Kier alpha value is -0.626. The van der Waals surface area contributed by atoms with E-state index in [0.29, 0.717) is 0 Å². The van der Waals surface area contributed by atoms with Crippen molar-refractivity contribution in [1.29, 1.82) is 0 Å². The van der Waals surface area contributed by atoms with Gasteiger partial charge >= 0.3 is 0 Å². The predicted molar refractivity (Wildman–Crippen MR) is 122 cm³/mol. The Morgan fingerprint density at radius 3 is 1.35 bits per heavy atom. The van der Waals surface area contributed by atoms with Crippen molar-refractivity contribution < 1.29 is 0 Å². The first kappa shape index (κ1) is 21.7. The minimum atomic E-state index is -2.60. The lowest BCUT2D eigenvalue weighted by molar-refractivity contribution is 0.403. The van der Waals surface area contributed by atoms with Crippen LogP contribution in [0.15, 0.2) is 48.5 Å². The summed E-state index contributed by atoms with van der Waals surface area (Å²) in [5, 5.41) is 2.54. The standard InChI is InChI=1S/C20H30Cl2N2Si2/c1-23(2)15-17-11-7-9-13-19(17)26(22,25(5,6)21)20-14-10-8-12-18(20)16-24(3)4/h7-14H,15-16H2,1-6H3. The molecule has 0 spiro atoms. The molecule has 0 unspecified atom stereocenters. The second-order valence-electron chi connectivity index (χ2n) is 7.92. The fraction of sp³-hybridized carbons (Fsp3) is 0.400. The summed E-state index contributed by atoms with van der Waals surface area (Å²) >= 11 is 14.8. The molecular weight excluding hydrogens is 395 g/mol. The van der Waals surface area contributed by atoms with Gasteiger partial charge in [0.25, 0.3) is 0 Å². The fourth-order valence-corrected chi connectivity index (χ4v) is 15.1. The van der Waals surface area contributed by atoms with Crippen molar-refractivity contribution in [2.24, 2.45) is 0 Å². The number of hydrogen-bond acceptors (Lipinski definition) is 2. The molecule has 0 saturated heterocycles. The second-order valence-corrected chi connectivity index (χ2v) is 25.7. The van der Waals surface area contributed by atoms with Crippen LogP contribution in [0.2, 0.25) is 13.1 Å². The molecule has 2 nitrogen and oxygen atoms in total. The van der Waals surface area contributed by atoms with E-state index in [9.17, 15) is 0 Å². The van der Waals surface area contributed by atoms with Crippen LogP contribution in [0.4, 0.5) is 0 Å². The van der Waals surface area contributed by atoms with Crippen molar-refractivity contribution in [3.05, 3.63) is 59.7 Å². The number of halogens is 2. The quantitative estimate of drug-likeness (QED) is 0.494. The van der Waals surface area contributed by atoms with Gasteiger partial charge in [-0.25, -0.2) is 0 Å². The molecule has 0 saturated carbocycles. The summed E-state index contributed by atoms with van der Waals surface area (Å²) in [5.74, 6) is 0. The Labute approximate surface area is 169 Å². The number of benzene rings is 2. The zero-order chi connectivity index (χ0) is 19.5. The molecule has 0 amide bonds. The number of hydrogen-bond donors (Lipinski definition) is 0. The Kier molecular flexibility index (Phi) is 7.16. The van der Waals surface area contributed by atoms with Crippen LogP contribution in [0, 0.1) is 0 Å². The molecule has 0 heterocycles. The van der Waals surface area contributed by atoms with Crippen LogP contribution in [0.1, 0.15) is 11.1 Å². The maximum atomic E-state index is 7.68. The van der Waals surface area contributed by atoms with Crippen molar-refractivity contribution in [3.63, 3.8) is 0 Å². The highest BCUT2D eigenvalue weighted by molar-refractivity contribution is 7.77. The van der Waals surface area contributed by atoms with Gasteiger partial charge in [0.15, 0.2) is 6.90 Å². The molecule has 2 aromatic carbocycles. The first-order valence-electron chi connectivity index (χ1n) is 8.91. The first-order valence-corrected chi connectivity index (χ1v) is 16.9. The molecule has 2 aromatic rings. The Morgan fingerprint density at radius 2 is 1.04 bits per heavy atom. The van der Waals surface area contributed by atoms with E-state index in [0.717, 1.165) is 13.1 Å². The van der Waals surface area contributed by atoms with Crippen LogP contribution in [0.25, 0.3) is 0 Å². The van der Waals surface area contributed by atoms with Gasteiger partial charge in [-0.15, -0.1) is 0 Å². The van der Waals surface area contributed by atoms with Crippen LogP contribution < -0.4 is 10.4 Å². The van der Waals surface area contributed by atoms with E-state index < -0.39 is 13.8 Å². The maximum Gasteiger partial charge on any atom is 0.224 e. The number of rotatable bonds is 7. The van der Waals surface area contributed by atoms with E-state index in [1.54, 1.807) is 0 Å². The third-order valence-electron chi connectivity index (χ3n) is 4.57. The van der Waals surface area contributed by atoms with E-state index >= 15 is 0 Å². The SMILES string of the molecule is CN(C)Cc1ccccc1[Si](Cl)(c1ccccc1CN(C)C)[Si](C)(C)Cl. The minimum Gasteiger partial charge on any atom is -0.305 e. The highest BCUT2D eigenvalue weighted by Gasteiger charge is 2.52. The highest BCUT2D eigenvalue weighted by Crippen LogP contribution is 2.29. The third kappa shape index (κ3) is 4.61. The van der Waals surface area contributed by atoms with Gasteiger partial charge in [-0.05, 0) is 49.7 Å². The molecule has 0 aliphatic rings. The summed E-state index contributed by atoms with van der Waals surface area (Å²) in [5.41, 5.74) is 2.58.